The van der Waals surface area contributed by atoms with E-state index in [1.54, 1.807) is 28.6 Å². The number of ether oxygens (including phenoxy) is 2. The number of nitro groups is 1. The number of hydrogen-bond acceptors (Lipinski definition) is 7. The Morgan fingerprint density at radius 1 is 0.929 bits per heavy atom. The highest BCUT2D eigenvalue weighted by Crippen LogP contribution is 2.67. The zero-order valence-electron chi connectivity index (χ0n) is 34.5. The van der Waals surface area contributed by atoms with Gasteiger partial charge in [0.25, 0.3) is 5.69 Å². The Bertz CT molecular complexity index is 1840. The van der Waals surface area contributed by atoms with E-state index in [2.05, 4.69) is 51.0 Å². The Morgan fingerprint density at radius 2 is 1.71 bits per heavy atom. The largest absolute Gasteiger partial charge is 0.494 e. The number of carbonyl (C=O) groups is 1. The molecule has 4 aliphatic carbocycles. The van der Waals surface area contributed by atoms with Crippen molar-refractivity contribution in [2.24, 2.45) is 46.3 Å². The lowest BCUT2D eigenvalue weighted by molar-refractivity contribution is -0.384. The molecule has 1 unspecified atom stereocenters. The predicted octanol–water partition coefficient (Wildman–Crippen LogP) is 11.7. The highest BCUT2D eigenvalue weighted by molar-refractivity contribution is 5.69. The number of hydrogen-bond donors (Lipinski definition) is 0. The molecular weight excluding hydrogens is 701 g/mol. The summed E-state index contributed by atoms with van der Waals surface area (Å²) in [5.74, 6) is 5.74. The highest BCUT2D eigenvalue weighted by atomic mass is 16.6. The molecule has 1 heterocycles. The van der Waals surface area contributed by atoms with E-state index >= 15 is 0 Å². The van der Waals surface area contributed by atoms with Crippen molar-refractivity contribution in [1.82, 2.24) is 15.0 Å². The third kappa shape index (κ3) is 8.62. The topological polar surface area (TPSA) is 109 Å². The molecular formula is C47H64N4O5. The number of nitro benzene ring substituents is 1. The van der Waals surface area contributed by atoms with Crippen molar-refractivity contribution in [1.29, 1.82) is 0 Å². The maximum Gasteiger partial charge on any atom is 0.306 e. The molecule has 3 aromatic rings. The molecule has 1 aromatic heterocycles. The van der Waals surface area contributed by atoms with Gasteiger partial charge in [-0.3, -0.25) is 14.9 Å². The van der Waals surface area contributed by atoms with Crippen LogP contribution in [-0.2, 0) is 9.53 Å². The first-order valence-electron chi connectivity index (χ1n) is 21.7. The number of rotatable bonds is 16. The van der Waals surface area contributed by atoms with E-state index < -0.39 is 4.92 Å². The molecule has 0 aliphatic heterocycles. The normalized spacial score (nSPS) is 28.8. The van der Waals surface area contributed by atoms with Crippen molar-refractivity contribution in [3.63, 3.8) is 0 Å². The number of carbonyl (C=O) groups excluding carboxylic acids is 1. The first-order valence-corrected chi connectivity index (χ1v) is 21.7. The molecule has 56 heavy (non-hydrogen) atoms. The molecule has 9 nitrogen and oxygen atoms in total. The van der Waals surface area contributed by atoms with Gasteiger partial charge in [0.2, 0.25) is 0 Å². The third-order valence-electron chi connectivity index (χ3n) is 14.8. The number of benzene rings is 2. The molecule has 0 spiro atoms. The van der Waals surface area contributed by atoms with Gasteiger partial charge in [0.15, 0.2) is 0 Å². The standard InChI is InChI=1S/C47H64N4O5/c1-32(2)10-9-11-33(3)41-23-24-42-40-22-15-35-30-39(25-27-46(35,4)43(40)26-28-47(41,42)5)56-45(52)12-7-6-8-29-55-38-20-18-36(19-21-38)50-31-44(48-49-50)34-13-16-37(17-14-34)51(53)54/h13-21,31-33,39-43H,6-12,22-30H2,1-5H3/t33-,39?,40+,41-,42+,43+,46+,47-/m1/s1. The summed E-state index contributed by atoms with van der Waals surface area (Å²) in [6.45, 7) is 13.1. The number of unbranched alkanes of at least 4 members (excludes halogenated alkanes) is 2. The summed E-state index contributed by atoms with van der Waals surface area (Å²) in [5, 5.41) is 19.4. The molecule has 8 atom stereocenters. The predicted molar refractivity (Wildman–Crippen MR) is 220 cm³/mol. The average molecular weight is 765 g/mol. The number of fused-ring (bicyclic) bond motifs is 5. The van der Waals surface area contributed by atoms with Crippen LogP contribution in [0, 0.1) is 56.5 Å². The fourth-order valence-electron chi connectivity index (χ4n) is 11.7. The van der Waals surface area contributed by atoms with E-state index in [9.17, 15) is 14.9 Å². The fraction of sp³-hybridized carbons (Fsp3) is 0.638. The summed E-state index contributed by atoms with van der Waals surface area (Å²) in [7, 11) is 0. The molecule has 3 saturated carbocycles. The van der Waals surface area contributed by atoms with E-state index in [1.807, 2.05) is 24.3 Å². The zero-order valence-corrected chi connectivity index (χ0v) is 34.5. The summed E-state index contributed by atoms with van der Waals surface area (Å²) in [5.41, 5.74) is 4.63. The van der Waals surface area contributed by atoms with Crippen LogP contribution in [0.25, 0.3) is 16.9 Å². The minimum absolute atomic E-state index is 0.0208. The Labute approximate surface area is 334 Å². The Balaban J connectivity index is 0.810. The van der Waals surface area contributed by atoms with Crippen molar-refractivity contribution in [3.05, 3.63) is 76.5 Å². The van der Waals surface area contributed by atoms with Gasteiger partial charge < -0.3 is 9.47 Å². The second-order valence-electron chi connectivity index (χ2n) is 18.6. The van der Waals surface area contributed by atoms with Crippen molar-refractivity contribution < 1.29 is 19.2 Å². The van der Waals surface area contributed by atoms with Gasteiger partial charge in [-0.05, 0) is 147 Å². The summed E-state index contributed by atoms with van der Waals surface area (Å²) >= 11 is 0. The number of nitrogens with zero attached hydrogens (tertiary/aromatic N) is 4. The average Bonchev–Trinajstić information content (AvgIpc) is 3.82. The third-order valence-corrected chi connectivity index (χ3v) is 14.8. The van der Waals surface area contributed by atoms with Gasteiger partial charge in [-0.2, -0.15) is 0 Å². The van der Waals surface area contributed by atoms with Crippen LogP contribution in [0.3, 0.4) is 0 Å². The van der Waals surface area contributed by atoms with Gasteiger partial charge in [0.05, 0.1) is 23.4 Å². The van der Waals surface area contributed by atoms with Gasteiger partial charge in [-0.1, -0.05) is 70.7 Å². The molecule has 0 bridgehead atoms. The van der Waals surface area contributed by atoms with E-state index in [4.69, 9.17) is 9.47 Å². The SMILES string of the molecule is CC(C)CCC[C@@H](C)[C@H]1CC[C@H]2[C@@H]3CC=C4CC(OC(=O)CCCCCOc5ccc(-n6cc(-c7ccc([N+](=O)[O-])cc7)nn6)cc5)CC[C@]4(C)[C@H]3CC[C@]12C. The zero-order chi connectivity index (χ0) is 39.5. The molecule has 4 aliphatic rings. The number of non-ortho nitro benzene ring substituents is 1. The Kier molecular flexibility index (Phi) is 12.4. The molecule has 2 aromatic carbocycles. The van der Waals surface area contributed by atoms with Crippen LogP contribution in [-0.4, -0.2) is 38.6 Å². The van der Waals surface area contributed by atoms with Crippen LogP contribution < -0.4 is 4.74 Å². The van der Waals surface area contributed by atoms with E-state index in [0.29, 0.717) is 24.1 Å². The monoisotopic (exact) mass is 764 g/mol. The van der Waals surface area contributed by atoms with Gasteiger partial charge in [0.1, 0.15) is 17.5 Å². The van der Waals surface area contributed by atoms with Crippen molar-refractivity contribution >= 4 is 11.7 Å². The highest BCUT2D eigenvalue weighted by Gasteiger charge is 2.59. The van der Waals surface area contributed by atoms with Gasteiger partial charge in [-0.15, -0.1) is 5.10 Å². The van der Waals surface area contributed by atoms with Gasteiger partial charge in [0, 0.05) is 30.5 Å². The van der Waals surface area contributed by atoms with Gasteiger partial charge >= 0.3 is 5.97 Å². The van der Waals surface area contributed by atoms with Gasteiger partial charge in [-0.25, -0.2) is 4.68 Å². The molecule has 0 saturated heterocycles. The van der Waals surface area contributed by atoms with E-state index in [1.165, 1.54) is 63.5 Å². The van der Waals surface area contributed by atoms with Crippen LogP contribution in [0.2, 0.25) is 0 Å². The number of allylic oxidation sites excluding steroid dienone is 1. The molecule has 7 rings (SSSR count). The number of esters is 1. The summed E-state index contributed by atoms with van der Waals surface area (Å²) in [4.78, 5) is 23.5. The van der Waals surface area contributed by atoms with Crippen LogP contribution in [0.1, 0.15) is 131 Å². The van der Waals surface area contributed by atoms with Crippen LogP contribution in [0.15, 0.2) is 66.4 Å². The van der Waals surface area contributed by atoms with E-state index in [0.717, 1.165) is 91.0 Å². The lowest BCUT2D eigenvalue weighted by atomic mass is 9.47. The Hall–Kier alpha value is -4.01. The van der Waals surface area contributed by atoms with E-state index in [-0.39, 0.29) is 23.2 Å². The summed E-state index contributed by atoms with van der Waals surface area (Å²) < 4.78 is 13.7. The maximum absolute atomic E-state index is 12.9. The number of aromatic nitrogens is 3. The maximum atomic E-state index is 12.9. The van der Waals surface area contributed by atoms with Crippen LogP contribution >= 0.6 is 0 Å². The molecule has 0 amide bonds. The minimum Gasteiger partial charge on any atom is -0.494 e. The lowest BCUT2D eigenvalue weighted by Gasteiger charge is -2.58. The second kappa shape index (κ2) is 17.2. The Morgan fingerprint density at radius 3 is 2.46 bits per heavy atom. The lowest BCUT2D eigenvalue weighted by Crippen LogP contribution is -2.51. The molecule has 0 N–H and O–H groups in total. The second-order valence-corrected chi connectivity index (χ2v) is 18.6. The quantitative estimate of drug-likeness (QED) is 0.0469. The van der Waals surface area contributed by atoms with Crippen molar-refractivity contribution in [2.45, 2.75) is 137 Å². The van der Waals surface area contributed by atoms with Crippen LogP contribution in [0.5, 0.6) is 5.75 Å². The first kappa shape index (κ1) is 40.2. The molecule has 302 valence electrons. The molecule has 0 radical (unpaired) electrons. The molecule has 3 fully saturated rings. The van der Waals surface area contributed by atoms with Crippen molar-refractivity contribution in [3.8, 4) is 22.7 Å². The summed E-state index contributed by atoms with van der Waals surface area (Å²) in [6.07, 6.45) is 21.5. The van der Waals surface area contributed by atoms with Crippen LogP contribution in [0.4, 0.5) is 5.69 Å². The van der Waals surface area contributed by atoms with Crippen molar-refractivity contribution in [2.75, 3.05) is 6.61 Å². The molecule has 9 heteroatoms. The fourth-order valence-corrected chi connectivity index (χ4v) is 11.7. The summed E-state index contributed by atoms with van der Waals surface area (Å²) in [6, 6.07) is 13.9. The smallest absolute Gasteiger partial charge is 0.306 e. The first-order chi connectivity index (χ1) is 26.9. The minimum atomic E-state index is -0.420.